The number of aliphatic hydroxyl groups is 3. The van der Waals surface area contributed by atoms with Crippen molar-refractivity contribution in [2.75, 3.05) is 27.3 Å². The van der Waals surface area contributed by atoms with Gasteiger partial charge < -0.3 is 80.7 Å². The maximum Gasteiger partial charge on any atom is 0.347 e. The average Bonchev–Trinajstić information content (AvgIpc) is 2.77. The molecule has 0 bridgehead atoms. The molecule has 0 spiro atoms. The van der Waals surface area contributed by atoms with Crippen LogP contribution in [-0.2, 0) is 79.8 Å². The van der Waals surface area contributed by atoms with Gasteiger partial charge in [0, 0.05) is 64.8 Å². The van der Waals surface area contributed by atoms with Crippen LogP contribution in [0.4, 0.5) is 0 Å². The Morgan fingerprint density at radius 3 is 2.15 bits per heavy atom. The molecule has 2 aromatic rings. The van der Waals surface area contributed by atoms with E-state index in [1.54, 1.807) is 70.2 Å². The summed E-state index contributed by atoms with van der Waals surface area (Å²) in [7, 11) is 2.70. The highest BCUT2D eigenvalue weighted by atomic mass is 35.5. The van der Waals surface area contributed by atoms with Gasteiger partial charge in [0.25, 0.3) is 0 Å². The van der Waals surface area contributed by atoms with Crippen LogP contribution in [0.5, 0.6) is 5.75 Å². The lowest BCUT2D eigenvalue weighted by Gasteiger charge is -2.39. The van der Waals surface area contributed by atoms with Gasteiger partial charge in [-0.1, -0.05) is 82.6 Å². The third-order valence-electron chi connectivity index (χ3n) is 14.8. The molecule has 470 valence electrons. The Morgan fingerprint density at radius 1 is 0.824 bits per heavy atom. The Bertz CT molecular complexity index is 2690. The number of esters is 2. The van der Waals surface area contributed by atoms with Crippen LogP contribution >= 0.6 is 11.6 Å². The molecule has 3 heterocycles. The average molecular weight is 1220 g/mol. The van der Waals surface area contributed by atoms with Crippen LogP contribution in [0, 0.1) is 23.2 Å². The lowest BCUT2D eigenvalue weighted by molar-refractivity contribution is -0.288. The first-order valence-corrected chi connectivity index (χ1v) is 28.8. The van der Waals surface area contributed by atoms with Crippen molar-refractivity contribution in [1.29, 1.82) is 0 Å². The minimum atomic E-state index is -1.63. The zero-order chi connectivity index (χ0) is 62.9. The van der Waals surface area contributed by atoms with Crippen LogP contribution in [0.15, 0.2) is 54.6 Å². The highest BCUT2D eigenvalue weighted by Gasteiger charge is 2.48. The van der Waals surface area contributed by atoms with Gasteiger partial charge in [0.15, 0.2) is 12.4 Å². The monoisotopic (exact) mass is 1210 g/mol. The lowest BCUT2D eigenvalue weighted by Crippen LogP contribution is -2.60. The number of hydrogen-bond donors (Lipinski definition) is 10. The summed E-state index contributed by atoms with van der Waals surface area (Å²) >= 11 is 6.38. The maximum absolute atomic E-state index is 14.0. The molecule has 2 fully saturated rings. The van der Waals surface area contributed by atoms with E-state index >= 15 is 0 Å². The summed E-state index contributed by atoms with van der Waals surface area (Å²) in [5.74, 6) is -7.06. The molecule has 10 N–H and O–H groups in total. The van der Waals surface area contributed by atoms with Crippen molar-refractivity contribution in [3.63, 3.8) is 0 Å². The van der Waals surface area contributed by atoms with E-state index in [2.05, 4.69) is 31.9 Å². The van der Waals surface area contributed by atoms with Crippen LogP contribution in [0.2, 0.25) is 5.02 Å². The molecule has 3 aliphatic rings. The molecule has 2 aromatic carbocycles. The number of ether oxygens (including phenoxy) is 6. The molecule has 0 radical (unpaired) electrons. The number of halogens is 1. The summed E-state index contributed by atoms with van der Waals surface area (Å²) in [5, 5.41) is 56.3. The van der Waals surface area contributed by atoms with Crippen LogP contribution in [0.1, 0.15) is 116 Å². The van der Waals surface area contributed by atoms with Gasteiger partial charge in [-0.3, -0.25) is 38.4 Å². The number of cyclic esters (lactones) is 2. The predicted octanol–water partition coefficient (Wildman–Crippen LogP) is 1.97. The van der Waals surface area contributed by atoms with E-state index in [9.17, 15) is 58.5 Å². The van der Waals surface area contributed by atoms with Gasteiger partial charge in [-0.25, -0.2) is 4.79 Å². The van der Waals surface area contributed by atoms with E-state index in [4.69, 9.17) is 45.1 Å². The number of hydrogen-bond acceptors (Lipinski definition) is 18. The minimum absolute atomic E-state index is 0.0312. The largest absolute Gasteiger partial charge is 0.495 e. The molecule has 25 nitrogen and oxygen atoms in total. The minimum Gasteiger partial charge on any atom is -0.495 e. The third-order valence-corrected chi connectivity index (χ3v) is 15.1. The Hall–Kier alpha value is -6.74. The van der Waals surface area contributed by atoms with Crippen LogP contribution < -0.4 is 36.6 Å². The van der Waals surface area contributed by atoms with Gasteiger partial charge >= 0.3 is 17.9 Å². The number of carbonyl (C=O) groups is 9. The molecule has 0 saturated carbocycles. The van der Waals surface area contributed by atoms with Gasteiger partial charge in [-0.2, -0.15) is 0 Å². The van der Waals surface area contributed by atoms with Gasteiger partial charge in [-0.15, -0.1) is 0 Å². The Kier molecular flexibility index (Phi) is 26.1. The topological polar surface area (TPSA) is 365 Å². The number of aliphatic hydroxyl groups excluding tert-OH is 3. The fourth-order valence-electron chi connectivity index (χ4n) is 9.53. The van der Waals surface area contributed by atoms with Crippen LogP contribution in [0.3, 0.4) is 0 Å². The highest BCUT2D eigenvalue weighted by Crippen LogP contribution is 2.45. The first-order valence-electron chi connectivity index (χ1n) is 28.4. The summed E-state index contributed by atoms with van der Waals surface area (Å²) in [6.45, 7) is 11.5. The van der Waals surface area contributed by atoms with Gasteiger partial charge in [0.05, 0.1) is 23.7 Å². The number of benzene rings is 2. The number of carboxylic acid groups (broad SMARTS) is 1. The summed E-state index contributed by atoms with van der Waals surface area (Å²) in [6.07, 6.45) is -8.34. The van der Waals surface area contributed by atoms with E-state index in [0.717, 1.165) is 5.56 Å². The second-order valence-electron chi connectivity index (χ2n) is 23.0. The normalized spacial score (nSPS) is 26.1. The zero-order valence-electron chi connectivity index (χ0n) is 49.4. The Labute approximate surface area is 499 Å². The molecule has 13 atom stereocenters. The van der Waals surface area contributed by atoms with Gasteiger partial charge in [0.1, 0.15) is 60.5 Å². The zero-order valence-corrected chi connectivity index (χ0v) is 50.2. The molecule has 3 aliphatic heterocycles. The summed E-state index contributed by atoms with van der Waals surface area (Å²) in [5.41, 5.74) is 0.681. The van der Waals surface area contributed by atoms with Crippen molar-refractivity contribution >= 4 is 65.0 Å². The smallest absolute Gasteiger partial charge is 0.347 e. The fraction of sp³-hybridized carbons (Fsp3) is 0.610. The molecule has 0 aliphatic carbocycles. The first kappa shape index (κ1) is 69.0. The molecular weight excluding hydrogens is 1130 g/mol. The molecule has 5 rings (SSSR count). The summed E-state index contributed by atoms with van der Waals surface area (Å²) in [4.78, 5) is 120. The lowest BCUT2D eigenvalue weighted by atomic mass is 9.92. The molecule has 85 heavy (non-hydrogen) atoms. The third kappa shape index (κ3) is 20.7. The first-order chi connectivity index (χ1) is 40.1. The fourth-order valence-corrected chi connectivity index (χ4v) is 9.81. The number of carbonyl (C=O) groups excluding carboxylic acids is 8. The maximum atomic E-state index is 14.0. The van der Waals surface area contributed by atoms with E-state index in [0.29, 0.717) is 21.9 Å². The van der Waals surface area contributed by atoms with Crippen molar-refractivity contribution in [3.8, 4) is 5.75 Å². The van der Waals surface area contributed by atoms with Crippen molar-refractivity contribution in [2.24, 2.45) is 23.2 Å². The quantitative estimate of drug-likeness (QED) is 0.0502. The standard InChI is InChI=1S/C59H83ClN6O19/c1-30(2)24-41-56(78)82-39(12-10-13-44(68)64-38(26-34-18-22-40(80-8)36(60)25-34)54(76)63-29-59(6,7)58(79)84-41)32(5)51-52(85-51)35-19-16-33(17-20-35)27-62-53(75)37(65-55(77)47(31(3)4)66-45(69)14-11-15-46(70)71)21-23-43(67)61-28-42-48(72)49(73)50(74)57(81-9)83-42/h10,13,16-20,22,25,30-32,37-39,41-42,47-52,57,72-74H,11-12,14-15,21,23-24,26-29H2,1-9H3,(H,61,67)(H,62,75)(H,63,76)(H,64,68)(H,65,77)(H,66,69)(H,70,71)/b13-10+/t32-,37-,38+,39-,41-,42+,47-,48+,49-,50+,51+,52+,57+/m0/s1. The van der Waals surface area contributed by atoms with Crippen LogP contribution in [0.25, 0.3) is 0 Å². The van der Waals surface area contributed by atoms with Gasteiger partial charge in [-0.05, 0) is 79.8 Å². The number of amides is 6. The molecular formula is C59H83ClN6O19. The highest BCUT2D eigenvalue weighted by molar-refractivity contribution is 6.32. The molecule has 0 aromatic heterocycles. The molecule has 2 saturated heterocycles. The number of rotatable bonds is 25. The van der Waals surface area contributed by atoms with Crippen molar-refractivity contribution < 1.29 is 92.0 Å². The number of carboxylic acids is 1. The van der Waals surface area contributed by atoms with E-state index < -0.39 is 144 Å². The van der Waals surface area contributed by atoms with Gasteiger partial charge in [0.2, 0.25) is 35.4 Å². The summed E-state index contributed by atoms with van der Waals surface area (Å²) in [6, 6.07) is 8.51. The van der Waals surface area contributed by atoms with E-state index in [1.807, 2.05) is 20.8 Å². The van der Waals surface area contributed by atoms with Crippen molar-refractivity contribution in [3.05, 3.63) is 76.3 Å². The number of nitrogens with one attached hydrogen (secondary N) is 6. The number of epoxide rings is 1. The number of aliphatic carboxylic acids is 1. The Morgan fingerprint density at radius 2 is 1.52 bits per heavy atom. The van der Waals surface area contributed by atoms with Crippen molar-refractivity contribution in [1.82, 2.24) is 31.9 Å². The SMILES string of the molecule is COc1ccc(C[C@H]2NC(=O)/C=C/C[C@@H]([C@H](C)[C@H]3O[C@@H]3c3ccc(CNC(=O)[C@H](CCC(=O)NC[C@H]4O[C@@H](OC)[C@H](O)[C@@H](O)[C@@H]4O)NC(=O)[C@@H](NC(=O)CCCC(=O)O)C(C)C)cc3)OC(=O)[C@H](CC(C)C)OC(=O)C(C)(C)CNC2=O)cc1Cl. The van der Waals surface area contributed by atoms with E-state index in [1.165, 1.54) is 26.4 Å². The van der Waals surface area contributed by atoms with E-state index in [-0.39, 0.29) is 76.9 Å². The second kappa shape index (κ2) is 32.1. The number of methoxy groups -OCH3 is 2. The summed E-state index contributed by atoms with van der Waals surface area (Å²) < 4.78 is 34.0. The van der Waals surface area contributed by atoms with Crippen LogP contribution in [-0.4, -0.2) is 168 Å². The Balaban J connectivity index is 1.28. The van der Waals surface area contributed by atoms with Crippen molar-refractivity contribution in [2.45, 2.75) is 180 Å². The molecule has 26 heteroatoms. The second-order valence-corrected chi connectivity index (χ2v) is 23.4. The molecule has 6 amide bonds. The predicted molar refractivity (Wildman–Crippen MR) is 305 cm³/mol. The molecule has 0 unspecified atom stereocenters.